The minimum Gasteiger partial charge on any atom is -0.493 e. The van der Waals surface area contributed by atoms with Gasteiger partial charge < -0.3 is 14.2 Å². The van der Waals surface area contributed by atoms with Crippen LogP contribution in [0.5, 0.6) is 11.5 Å². The van der Waals surface area contributed by atoms with Crippen molar-refractivity contribution in [1.29, 1.82) is 0 Å². The van der Waals surface area contributed by atoms with Gasteiger partial charge in [-0.25, -0.2) is 13.1 Å². The van der Waals surface area contributed by atoms with E-state index >= 15 is 0 Å². The van der Waals surface area contributed by atoms with Gasteiger partial charge in [-0.15, -0.1) is 0 Å². The van der Waals surface area contributed by atoms with E-state index in [2.05, 4.69) is 15.6 Å². The molecule has 1 aliphatic rings. The summed E-state index contributed by atoms with van der Waals surface area (Å²) in [6, 6.07) is 10.2. The fourth-order valence-corrected chi connectivity index (χ4v) is 4.43. The molecular weight excluding hydrogens is 462 g/mol. The van der Waals surface area contributed by atoms with Crippen LogP contribution in [0.1, 0.15) is 47.4 Å². The van der Waals surface area contributed by atoms with Crippen LogP contribution in [-0.4, -0.2) is 52.7 Å². The highest BCUT2D eigenvalue weighted by molar-refractivity contribution is 7.89. The zero-order chi connectivity index (χ0) is 24.7. The molecule has 10 nitrogen and oxygen atoms in total. The maximum atomic E-state index is 12.6. The minimum absolute atomic E-state index is 0.0602. The first-order chi connectivity index (χ1) is 16.2. The fraction of sp³-hybridized carbons (Fsp3) is 0.391. The maximum Gasteiger partial charge on any atom is 0.269 e. The van der Waals surface area contributed by atoms with Gasteiger partial charge in [0.25, 0.3) is 11.8 Å². The van der Waals surface area contributed by atoms with Crippen molar-refractivity contribution in [3.63, 3.8) is 0 Å². The summed E-state index contributed by atoms with van der Waals surface area (Å²) in [4.78, 5) is 24.9. The lowest BCUT2D eigenvalue weighted by molar-refractivity contribution is 0.0846. The van der Waals surface area contributed by atoms with E-state index in [9.17, 15) is 18.0 Å². The van der Waals surface area contributed by atoms with Crippen LogP contribution in [-0.2, 0) is 14.8 Å². The molecule has 11 heteroatoms. The average Bonchev–Trinajstić information content (AvgIpc) is 3.35. The molecular formula is C23H29N3O7S. The third-order valence-electron chi connectivity index (χ3n) is 5.01. The number of hydrogen-bond acceptors (Lipinski definition) is 7. The van der Waals surface area contributed by atoms with Gasteiger partial charge in [0, 0.05) is 24.3 Å². The number of rotatable bonds is 9. The second kappa shape index (κ2) is 11.3. The second-order valence-electron chi connectivity index (χ2n) is 7.96. The highest BCUT2D eigenvalue weighted by Crippen LogP contribution is 2.28. The quantitative estimate of drug-likeness (QED) is 0.457. The second-order valence-corrected chi connectivity index (χ2v) is 9.72. The molecule has 0 spiro atoms. The Morgan fingerprint density at radius 3 is 2.38 bits per heavy atom. The van der Waals surface area contributed by atoms with E-state index in [0.717, 1.165) is 12.8 Å². The lowest BCUT2D eigenvalue weighted by Crippen LogP contribution is -2.41. The minimum atomic E-state index is -3.82. The van der Waals surface area contributed by atoms with Crippen molar-refractivity contribution in [2.45, 2.75) is 43.8 Å². The van der Waals surface area contributed by atoms with Crippen molar-refractivity contribution < 1.29 is 32.2 Å². The zero-order valence-corrected chi connectivity index (χ0v) is 20.1. The van der Waals surface area contributed by atoms with Gasteiger partial charge in [-0.1, -0.05) is 6.07 Å². The summed E-state index contributed by atoms with van der Waals surface area (Å²) >= 11 is 0. The lowest BCUT2D eigenvalue weighted by atomic mass is 10.2. The number of carbonyl (C=O) groups is 2. The Kier molecular flexibility index (Phi) is 8.48. The molecule has 2 amide bonds. The summed E-state index contributed by atoms with van der Waals surface area (Å²) in [6.07, 6.45) is 1.47. The predicted octanol–water partition coefficient (Wildman–Crippen LogP) is 2.01. The topological polar surface area (TPSA) is 132 Å². The maximum absolute atomic E-state index is 12.6. The lowest BCUT2D eigenvalue weighted by Gasteiger charge is -2.15. The summed E-state index contributed by atoms with van der Waals surface area (Å²) in [5.74, 6) is -0.383. The summed E-state index contributed by atoms with van der Waals surface area (Å²) in [5.41, 5.74) is 4.91. The third-order valence-corrected chi connectivity index (χ3v) is 6.43. The monoisotopic (exact) mass is 491 g/mol. The van der Waals surface area contributed by atoms with Gasteiger partial charge in [-0.2, -0.15) is 0 Å². The Hall–Kier alpha value is -3.15. The van der Waals surface area contributed by atoms with Gasteiger partial charge in [0.2, 0.25) is 10.0 Å². The van der Waals surface area contributed by atoms with Crippen LogP contribution in [0.2, 0.25) is 0 Å². The third kappa shape index (κ3) is 6.69. The van der Waals surface area contributed by atoms with Gasteiger partial charge in [0.05, 0.1) is 24.2 Å². The van der Waals surface area contributed by atoms with Crippen molar-refractivity contribution in [2.24, 2.45) is 0 Å². The average molecular weight is 492 g/mol. The molecule has 0 radical (unpaired) electrons. The molecule has 1 aliphatic heterocycles. The van der Waals surface area contributed by atoms with Crippen LogP contribution >= 0.6 is 0 Å². The molecule has 184 valence electrons. The van der Waals surface area contributed by atoms with Crippen LogP contribution in [0, 0.1) is 0 Å². The highest BCUT2D eigenvalue weighted by atomic mass is 32.2. The number of hydrogen-bond donors (Lipinski definition) is 3. The Bertz CT molecular complexity index is 1130. The Labute approximate surface area is 199 Å². The van der Waals surface area contributed by atoms with E-state index in [1.54, 1.807) is 6.07 Å². The van der Waals surface area contributed by atoms with Gasteiger partial charge >= 0.3 is 0 Å². The van der Waals surface area contributed by atoms with E-state index in [1.807, 2.05) is 13.8 Å². The van der Waals surface area contributed by atoms with E-state index in [0.29, 0.717) is 18.1 Å². The Balaban J connectivity index is 1.62. The van der Waals surface area contributed by atoms with Crippen LogP contribution in [0.15, 0.2) is 47.4 Å². The van der Waals surface area contributed by atoms with E-state index in [1.165, 1.54) is 43.5 Å². The predicted molar refractivity (Wildman–Crippen MR) is 124 cm³/mol. The van der Waals surface area contributed by atoms with Crippen molar-refractivity contribution >= 4 is 21.8 Å². The van der Waals surface area contributed by atoms with Crippen LogP contribution in [0.3, 0.4) is 0 Å². The molecule has 0 saturated carbocycles. The molecule has 3 rings (SSSR count). The molecule has 1 saturated heterocycles. The molecule has 34 heavy (non-hydrogen) atoms. The number of ether oxygens (including phenoxy) is 3. The van der Waals surface area contributed by atoms with Crippen LogP contribution in [0.4, 0.5) is 0 Å². The first kappa shape index (κ1) is 25.5. The molecule has 2 aromatic carbocycles. The largest absolute Gasteiger partial charge is 0.493 e. The summed E-state index contributed by atoms with van der Waals surface area (Å²) in [7, 11) is -2.36. The number of nitrogens with one attached hydrogen (secondary N) is 3. The Morgan fingerprint density at radius 2 is 1.76 bits per heavy atom. The first-order valence-corrected chi connectivity index (χ1v) is 12.3. The van der Waals surface area contributed by atoms with E-state index in [-0.39, 0.29) is 34.8 Å². The molecule has 0 aliphatic carbocycles. The van der Waals surface area contributed by atoms with E-state index < -0.39 is 21.8 Å². The highest BCUT2D eigenvalue weighted by Gasteiger charge is 2.21. The number of sulfonamides is 1. The molecule has 0 aromatic heterocycles. The zero-order valence-electron chi connectivity index (χ0n) is 19.3. The SMILES string of the molecule is COc1cc(C(=O)NNC(=O)c2cccc(S(=O)(=O)NCC3CCCO3)c2)ccc1OC(C)C. The van der Waals surface area contributed by atoms with Gasteiger partial charge in [0.15, 0.2) is 11.5 Å². The van der Waals surface area contributed by atoms with Gasteiger partial charge in [0.1, 0.15) is 0 Å². The first-order valence-electron chi connectivity index (χ1n) is 10.9. The normalized spacial score (nSPS) is 15.7. The summed E-state index contributed by atoms with van der Waals surface area (Å²) < 4.78 is 44.0. The molecule has 0 bridgehead atoms. The number of amides is 2. The summed E-state index contributed by atoms with van der Waals surface area (Å²) in [5, 5.41) is 0. The number of benzene rings is 2. The van der Waals surface area contributed by atoms with Gasteiger partial charge in [-0.3, -0.25) is 20.4 Å². The van der Waals surface area contributed by atoms with Crippen molar-refractivity contribution in [2.75, 3.05) is 20.3 Å². The Morgan fingerprint density at radius 1 is 1.06 bits per heavy atom. The fourth-order valence-electron chi connectivity index (χ4n) is 3.31. The van der Waals surface area contributed by atoms with Crippen LogP contribution in [0.25, 0.3) is 0 Å². The molecule has 1 fully saturated rings. The molecule has 2 aromatic rings. The standard InChI is InChI=1S/C23H29N3O7S/c1-15(2)33-20-10-9-17(13-21(20)31-3)23(28)26-25-22(27)16-6-4-8-19(12-16)34(29,30)24-14-18-7-5-11-32-18/h4,6,8-10,12-13,15,18,24H,5,7,11,14H2,1-3H3,(H,25,27)(H,26,28). The van der Waals surface area contributed by atoms with Crippen molar-refractivity contribution in [3.8, 4) is 11.5 Å². The van der Waals surface area contributed by atoms with Crippen molar-refractivity contribution in [3.05, 3.63) is 53.6 Å². The van der Waals surface area contributed by atoms with Gasteiger partial charge in [-0.05, 0) is 63.1 Å². The molecule has 1 unspecified atom stereocenters. The number of hydrazine groups is 1. The van der Waals surface area contributed by atoms with Crippen molar-refractivity contribution in [1.82, 2.24) is 15.6 Å². The summed E-state index contributed by atoms with van der Waals surface area (Å²) in [6.45, 7) is 4.53. The van der Waals surface area contributed by atoms with E-state index in [4.69, 9.17) is 14.2 Å². The van der Waals surface area contributed by atoms with Crippen LogP contribution < -0.4 is 25.0 Å². The number of carbonyl (C=O) groups excluding carboxylic acids is 2. The number of methoxy groups -OCH3 is 1. The smallest absolute Gasteiger partial charge is 0.269 e. The molecule has 1 atom stereocenters. The molecule has 3 N–H and O–H groups in total. The molecule has 1 heterocycles.